The third kappa shape index (κ3) is 8.22. The molecule has 1 unspecified atom stereocenters. The van der Waals surface area contributed by atoms with Gasteiger partial charge in [0.2, 0.25) is 0 Å². The van der Waals surface area contributed by atoms with Crippen molar-refractivity contribution < 1.29 is 0 Å². The van der Waals surface area contributed by atoms with E-state index in [0.717, 1.165) is 19.6 Å². The molecule has 3 heteroatoms. The van der Waals surface area contributed by atoms with E-state index in [0.29, 0.717) is 6.04 Å². The van der Waals surface area contributed by atoms with E-state index in [1.165, 1.54) is 12.8 Å². The van der Waals surface area contributed by atoms with Crippen LogP contribution < -0.4 is 10.6 Å². The topological polar surface area (TPSA) is 27.3 Å². The van der Waals surface area contributed by atoms with Gasteiger partial charge in [-0.3, -0.25) is 0 Å². The first-order valence-electron chi connectivity index (χ1n) is 5.23. The van der Waals surface area contributed by atoms with Crippen LogP contribution in [0.4, 0.5) is 0 Å². The van der Waals surface area contributed by atoms with Crippen molar-refractivity contribution in [1.82, 2.24) is 15.5 Å². The second-order valence-corrected chi connectivity index (χ2v) is 3.74. The van der Waals surface area contributed by atoms with Crippen LogP contribution in [0.25, 0.3) is 0 Å². The van der Waals surface area contributed by atoms with Gasteiger partial charge in [0, 0.05) is 19.1 Å². The number of likely N-dealkylation sites (N-methyl/N-ethyl adjacent to an activating group) is 1. The largest absolute Gasteiger partial charge is 0.317 e. The molecule has 0 aliphatic rings. The molecule has 80 valence electrons. The highest BCUT2D eigenvalue weighted by atomic mass is 15.1. The summed E-state index contributed by atoms with van der Waals surface area (Å²) in [5, 5.41) is 6.74. The van der Waals surface area contributed by atoms with E-state index < -0.39 is 0 Å². The van der Waals surface area contributed by atoms with Crippen LogP contribution in [0.1, 0.15) is 19.8 Å². The van der Waals surface area contributed by atoms with Crippen molar-refractivity contribution in [3.8, 4) is 0 Å². The number of hydrogen-bond donors (Lipinski definition) is 2. The van der Waals surface area contributed by atoms with Gasteiger partial charge in [-0.05, 0) is 40.5 Å². The van der Waals surface area contributed by atoms with Crippen molar-refractivity contribution in [2.45, 2.75) is 25.8 Å². The summed E-state index contributed by atoms with van der Waals surface area (Å²) in [5.41, 5.74) is 0. The van der Waals surface area contributed by atoms with Crippen molar-refractivity contribution in [2.75, 3.05) is 40.8 Å². The maximum atomic E-state index is 3.43. The summed E-state index contributed by atoms with van der Waals surface area (Å²) in [6, 6.07) is 0.673. The van der Waals surface area contributed by atoms with E-state index in [9.17, 15) is 0 Å². The van der Waals surface area contributed by atoms with E-state index in [1.807, 2.05) is 7.05 Å². The first-order chi connectivity index (χ1) is 6.20. The fourth-order valence-electron chi connectivity index (χ4n) is 1.26. The van der Waals surface area contributed by atoms with Gasteiger partial charge in [-0.15, -0.1) is 0 Å². The van der Waals surface area contributed by atoms with Crippen molar-refractivity contribution >= 4 is 0 Å². The van der Waals surface area contributed by atoms with Crippen LogP contribution in [0.3, 0.4) is 0 Å². The molecule has 0 heterocycles. The van der Waals surface area contributed by atoms with Gasteiger partial charge in [0.15, 0.2) is 0 Å². The molecule has 0 radical (unpaired) electrons. The van der Waals surface area contributed by atoms with Crippen molar-refractivity contribution in [1.29, 1.82) is 0 Å². The standard InChI is InChI=1S/C10H25N3/c1-5-10(11-2)6-7-12-8-9-13(3)4/h10-12H,5-9H2,1-4H3. The summed E-state index contributed by atoms with van der Waals surface area (Å²) >= 11 is 0. The Morgan fingerprint density at radius 1 is 1.23 bits per heavy atom. The number of rotatable bonds is 8. The van der Waals surface area contributed by atoms with E-state index in [1.54, 1.807) is 0 Å². The summed E-state index contributed by atoms with van der Waals surface area (Å²) in [7, 11) is 6.24. The summed E-state index contributed by atoms with van der Waals surface area (Å²) in [4.78, 5) is 2.20. The van der Waals surface area contributed by atoms with Gasteiger partial charge >= 0.3 is 0 Å². The van der Waals surface area contributed by atoms with Gasteiger partial charge in [-0.2, -0.15) is 0 Å². The van der Waals surface area contributed by atoms with Crippen LogP contribution in [0.5, 0.6) is 0 Å². The maximum Gasteiger partial charge on any atom is 0.0101 e. The van der Waals surface area contributed by atoms with Crippen molar-refractivity contribution in [3.05, 3.63) is 0 Å². The molecule has 0 rings (SSSR count). The molecule has 0 spiro atoms. The lowest BCUT2D eigenvalue weighted by atomic mass is 10.1. The summed E-state index contributed by atoms with van der Waals surface area (Å²) in [5.74, 6) is 0. The predicted molar refractivity (Wildman–Crippen MR) is 59.2 cm³/mol. The molecule has 3 nitrogen and oxygen atoms in total. The Morgan fingerprint density at radius 2 is 1.92 bits per heavy atom. The predicted octanol–water partition coefficient (Wildman–Crippen LogP) is 0.526. The molecule has 0 fully saturated rings. The van der Waals surface area contributed by atoms with E-state index >= 15 is 0 Å². The molecule has 0 saturated carbocycles. The molecular formula is C10H25N3. The van der Waals surface area contributed by atoms with Crippen LogP contribution in [0, 0.1) is 0 Å². The molecule has 1 atom stereocenters. The molecule has 0 bridgehead atoms. The lowest BCUT2D eigenvalue weighted by Gasteiger charge is -2.15. The minimum atomic E-state index is 0.673. The molecule has 0 aromatic heterocycles. The van der Waals surface area contributed by atoms with E-state index in [2.05, 4.69) is 36.6 Å². The molecule has 0 saturated heterocycles. The minimum Gasteiger partial charge on any atom is -0.317 e. The second kappa shape index (κ2) is 8.48. The highest BCUT2D eigenvalue weighted by Gasteiger charge is 2.00. The van der Waals surface area contributed by atoms with Gasteiger partial charge < -0.3 is 15.5 Å². The molecule has 0 aliphatic carbocycles. The second-order valence-electron chi connectivity index (χ2n) is 3.74. The Bertz CT molecular complexity index is 100. The van der Waals surface area contributed by atoms with Gasteiger partial charge in [0.05, 0.1) is 0 Å². The van der Waals surface area contributed by atoms with Crippen LogP contribution in [0.2, 0.25) is 0 Å². The monoisotopic (exact) mass is 187 g/mol. The van der Waals surface area contributed by atoms with Crippen molar-refractivity contribution in [2.24, 2.45) is 0 Å². The first-order valence-corrected chi connectivity index (χ1v) is 5.23. The minimum absolute atomic E-state index is 0.673. The van der Waals surface area contributed by atoms with Gasteiger partial charge in [0.25, 0.3) is 0 Å². The Morgan fingerprint density at radius 3 is 2.38 bits per heavy atom. The third-order valence-corrected chi connectivity index (χ3v) is 2.31. The average Bonchev–Trinajstić information content (AvgIpc) is 2.11. The Balaban J connectivity index is 3.14. The lowest BCUT2D eigenvalue weighted by Crippen LogP contribution is -2.32. The Hall–Kier alpha value is -0.120. The zero-order valence-corrected chi connectivity index (χ0v) is 9.56. The molecule has 13 heavy (non-hydrogen) atoms. The van der Waals surface area contributed by atoms with E-state index in [-0.39, 0.29) is 0 Å². The summed E-state index contributed by atoms with van der Waals surface area (Å²) in [6.45, 7) is 5.55. The first kappa shape index (κ1) is 12.9. The number of nitrogens with zero attached hydrogens (tertiary/aromatic N) is 1. The zero-order valence-electron chi connectivity index (χ0n) is 9.56. The fourth-order valence-corrected chi connectivity index (χ4v) is 1.26. The van der Waals surface area contributed by atoms with Crippen LogP contribution in [0.15, 0.2) is 0 Å². The summed E-state index contributed by atoms with van der Waals surface area (Å²) < 4.78 is 0. The van der Waals surface area contributed by atoms with Crippen LogP contribution in [-0.2, 0) is 0 Å². The molecule has 0 aliphatic heterocycles. The maximum absolute atomic E-state index is 3.43. The zero-order chi connectivity index (χ0) is 10.1. The lowest BCUT2D eigenvalue weighted by molar-refractivity contribution is 0.393. The van der Waals surface area contributed by atoms with Crippen molar-refractivity contribution in [3.63, 3.8) is 0 Å². The molecule has 0 aromatic rings. The Kier molecular flexibility index (Phi) is 8.40. The average molecular weight is 187 g/mol. The number of nitrogens with one attached hydrogen (secondary N) is 2. The normalized spacial score (nSPS) is 13.6. The van der Waals surface area contributed by atoms with Gasteiger partial charge in [-0.25, -0.2) is 0 Å². The van der Waals surface area contributed by atoms with Crippen LogP contribution >= 0.6 is 0 Å². The molecule has 0 amide bonds. The SMILES string of the molecule is CCC(CCNCCN(C)C)NC. The molecular weight excluding hydrogens is 162 g/mol. The fraction of sp³-hybridized carbons (Fsp3) is 1.00. The quantitative estimate of drug-likeness (QED) is 0.543. The third-order valence-electron chi connectivity index (χ3n) is 2.31. The Labute approximate surface area is 82.9 Å². The molecule has 2 N–H and O–H groups in total. The highest BCUT2D eigenvalue weighted by molar-refractivity contribution is 4.63. The van der Waals surface area contributed by atoms with E-state index in [4.69, 9.17) is 0 Å². The van der Waals surface area contributed by atoms with Crippen LogP contribution in [-0.4, -0.2) is 51.7 Å². The highest BCUT2D eigenvalue weighted by Crippen LogP contribution is 1.93. The van der Waals surface area contributed by atoms with Gasteiger partial charge in [0.1, 0.15) is 0 Å². The van der Waals surface area contributed by atoms with Gasteiger partial charge in [-0.1, -0.05) is 6.92 Å². The molecule has 0 aromatic carbocycles. The summed E-state index contributed by atoms with van der Waals surface area (Å²) in [6.07, 6.45) is 2.44. The smallest absolute Gasteiger partial charge is 0.0101 e. The number of hydrogen-bond acceptors (Lipinski definition) is 3.